The van der Waals surface area contributed by atoms with Crippen LogP contribution in [0.5, 0.6) is 28.7 Å². The second-order valence-corrected chi connectivity index (χ2v) is 5.10. The van der Waals surface area contributed by atoms with Gasteiger partial charge in [0.05, 0.1) is 5.56 Å². The standard InChI is InChI=1S/C17H14O5/c1-8-6-7-9-4-2-3-5-10(9)11(8)12-13(18)15(20)17(22)16(21)14(12)19/h2-7,18-22H,1H3. The molecule has 0 spiro atoms. The number of phenols is 5. The maximum Gasteiger partial charge on any atom is 0.208 e. The summed E-state index contributed by atoms with van der Waals surface area (Å²) in [6, 6.07) is 11.0. The molecule has 3 aromatic carbocycles. The van der Waals surface area contributed by atoms with Gasteiger partial charge in [0.15, 0.2) is 11.5 Å². The van der Waals surface area contributed by atoms with E-state index in [9.17, 15) is 25.5 Å². The lowest BCUT2D eigenvalue weighted by Crippen LogP contribution is -1.89. The van der Waals surface area contributed by atoms with Gasteiger partial charge in [-0.3, -0.25) is 0 Å². The summed E-state index contributed by atoms with van der Waals surface area (Å²) in [6.07, 6.45) is 0. The van der Waals surface area contributed by atoms with Crippen molar-refractivity contribution in [2.24, 2.45) is 0 Å². The molecule has 0 radical (unpaired) electrons. The second kappa shape index (κ2) is 4.73. The zero-order valence-electron chi connectivity index (χ0n) is 11.7. The lowest BCUT2D eigenvalue weighted by Gasteiger charge is -2.16. The van der Waals surface area contributed by atoms with Crippen molar-refractivity contribution in [1.82, 2.24) is 0 Å². The van der Waals surface area contributed by atoms with Crippen LogP contribution in [0, 0.1) is 6.92 Å². The minimum absolute atomic E-state index is 0.123. The largest absolute Gasteiger partial charge is 0.504 e. The van der Waals surface area contributed by atoms with Gasteiger partial charge in [-0.25, -0.2) is 0 Å². The third-order valence-electron chi connectivity index (χ3n) is 3.76. The van der Waals surface area contributed by atoms with Crippen LogP contribution < -0.4 is 0 Å². The number of rotatable bonds is 1. The summed E-state index contributed by atoms with van der Waals surface area (Å²) in [6.45, 7) is 1.78. The van der Waals surface area contributed by atoms with Crippen molar-refractivity contribution in [3.8, 4) is 39.9 Å². The normalized spacial score (nSPS) is 11.0. The Morgan fingerprint density at radius 3 is 1.77 bits per heavy atom. The van der Waals surface area contributed by atoms with Crippen molar-refractivity contribution in [3.05, 3.63) is 42.0 Å². The smallest absolute Gasteiger partial charge is 0.208 e. The molecule has 0 aromatic heterocycles. The molecule has 3 aromatic rings. The van der Waals surface area contributed by atoms with Gasteiger partial charge in [-0.1, -0.05) is 36.4 Å². The van der Waals surface area contributed by atoms with Gasteiger partial charge >= 0.3 is 0 Å². The fourth-order valence-corrected chi connectivity index (χ4v) is 2.63. The first-order valence-electron chi connectivity index (χ1n) is 6.61. The van der Waals surface area contributed by atoms with Crippen molar-refractivity contribution < 1.29 is 25.5 Å². The molecule has 0 unspecified atom stereocenters. The molecule has 0 atom stereocenters. The second-order valence-electron chi connectivity index (χ2n) is 5.10. The van der Waals surface area contributed by atoms with Crippen molar-refractivity contribution in [2.45, 2.75) is 6.92 Å². The van der Waals surface area contributed by atoms with E-state index in [0.29, 0.717) is 5.56 Å². The predicted octanol–water partition coefficient (Wildman–Crippen LogP) is 3.34. The number of fused-ring (bicyclic) bond motifs is 1. The molecule has 5 nitrogen and oxygen atoms in total. The van der Waals surface area contributed by atoms with Crippen LogP contribution in [0.4, 0.5) is 0 Å². The van der Waals surface area contributed by atoms with Gasteiger partial charge in [0.1, 0.15) is 0 Å². The van der Waals surface area contributed by atoms with Crippen LogP contribution in [0.25, 0.3) is 21.9 Å². The highest BCUT2D eigenvalue weighted by molar-refractivity contribution is 6.02. The average Bonchev–Trinajstić information content (AvgIpc) is 2.53. The van der Waals surface area contributed by atoms with E-state index < -0.39 is 28.7 Å². The van der Waals surface area contributed by atoms with E-state index in [-0.39, 0.29) is 5.56 Å². The van der Waals surface area contributed by atoms with Gasteiger partial charge in [-0.15, -0.1) is 0 Å². The molecule has 0 heterocycles. The highest BCUT2D eigenvalue weighted by atomic mass is 16.4. The Labute approximate surface area is 126 Å². The fraction of sp³-hybridized carbons (Fsp3) is 0.0588. The number of phenolic OH excluding ortho intramolecular Hbond substituents is 5. The molecule has 112 valence electrons. The molecule has 0 saturated heterocycles. The number of hydrogen-bond donors (Lipinski definition) is 5. The summed E-state index contributed by atoms with van der Waals surface area (Å²) < 4.78 is 0. The highest BCUT2D eigenvalue weighted by Gasteiger charge is 2.26. The van der Waals surface area contributed by atoms with E-state index in [1.54, 1.807) is 25.1 Å². The average molecular weight is 298 g/mol. The fourth-order valence-electron chi connectivity index (χ4n) is 2.63. The monoisotopic (exact) mass is 298 g/mol. The first-order chi connectivity index (χ1) is 10.4. The van der Waals surface area contributed by atoms with Crippen molar-refractivity contribution in [1.29, 1.82) is 0 Å². The van der Waals surface area contributed by atoms with E-state index in [1.807, 2.05) is 18.2 Å². The van der Waals surface area contributed by atoms with Crippen molar-refractivity contribution >= 4 is 10.8 Å². The molecule has 0 aliphatic rings. The number of aryl methyl sites for hydroxylation is 1. The Morgan fingerprint density at radius 2 is 1.14 bits per heavy atom. The topological polar surface area (TPSA) is 101 Å². The first kappa shape index (κ1) is 13.9. The molecule has 0 aliphatic carbocycles. The van der Waals surface area contributed by atoms with E-state index in [4.69, 9.17) is 0 Å². The number of aromatic hydroxyl groups is 5. The minimum atomic E-state index is -0.961. The summed E-state index contributed by atoms with van der Waals surface area (Å²) in [5.74, 6) is -4.09. The third kappa shape index (κ3) is 1.79. The van der Waals surface area contributed by atoms with E-state index >= 15 is 0 Å². The number of hydrogen-bond acceptors (Lipinski definition) is 5. The van der Waals surface area contributed by atoms with Crippen LogP contribution in [0.15, 0.2) is 36.4 Å². The lowest BCUT2D eigenvalue weighted by atomic mass is 9.92. The number of benzene rings is 3. The molecule has 5 heteroatoms. The molecule has 5 N–H and O–H groups in total. The zero-order valence-corrected chi connectivity index (χ0v) is 11.7. The summed E-state index contributed by atoms with van der Waals surface area (Å²) >= 11 is 0. The predicted molar refractivity (Wildman–Crippen MR) is 82.4 cm³/mol. The van der Waals surface area contributed by atoms with E-state index in [1.165, 1.54) is 0 Å². The summed E-state index contributed by atoms with van der Waals surface area (Å²) in [5.41, 5.74) is 1.08. The minimum Gasteiger partial charge on any atom is -0.504 e. The molecule has 0 saturated carbocycles. The van der Waals surface area contributed by atoms with Gasteiger partial charge < -0.3 is 25.5 Å². The Morgan fingerprint density at radius 1 is 0.591 bits per heavy atom. The molecular formula is C17H14O5. The first-order valence-corrected chi connectivity index (χ1v) is 6.61. The Balaban J connectivity index is 2.51. The van der Waals surface area contributed by atoms with Crippen LogP contribution in [-0.2, 0) is 0 Å². The van der Waals surface area contributed by atoms with Gasteiger partial charge in [-0.05, 0) is 23.3 Å². The summed E-state index contributed by atoms with van der Waals surface area (Å²) in [7, 11) is 0. The maximum absolute atomic E-state index is 10.1. The zero-order chi connectivity index (χ0) is 16.0. The Kier molecular flexibility index (Phi) is 2.99. The Hall–Kier alpha value is -3.08. The van der Waals surface area contributed by atoms with E-state index in [0.717, 1.165) is 16.3 Å². The van der Waals surface area contributed by atoms with Gasteiger partial charge in [0, 0.05) is 5.56 Å². The molecule has 0 bridgehead atoms. The quantitative estimate of drug-likeness (QED) is 0.350. The van der Waals surface area contributed by atoms with Crippen LogP contribution >= 0.6 is 0 Å². The van der Waals surface area contributed by atoms with Gasteiger partial charge in [0.25, 0.3) is 0 Å². The maximum atomic E-state index is 10.1. The van der Waals surface area contributed by atoms with E-state index in [2.05, 4.69) is 0 Å². The SMILES string of the molecule is Cc1ccc2ccccc2c1-c1c(O)c(O)c(O)c(O)c1O. The van der Waals surface area contributed by atoms with Crippen LogP contribution in [0.3, 0.4) is 0 Å². The van der Waals surface area contributed by atoms with Crippen molar-refractivity contribution in [2.75, 3.05) is 0 Å². The summed E-state index contributed by atoms with van der Waals surface area (Å²) in [5, 5.41) is 50.9. The van der Waals surface area contributed by atoms with Crippen molar-refractivity contribution in [3.63, 3.8) is 0 Å². The summed E-state index contributed by atoms with van der Waals surface area (Å²) in [4.78, 5) is 0. The molecule has 3 rings (SSSR count). The molecule has 0 aliphatic heterocycles. The molecule has 22 heavy (non-hydrogen) atoms. The molecular weight excluding hydrogens is 284 g/mol. The third-order valence-corrected chi connectivity index (χ3v) is 3.76. The van der Waals surface area contributed by atoms with Crippen LogP contribution in [0.1, 0.15) is 5.56 Å². The van der Waals surface area contributed by atoms with Gasteiger partial charge in [0.2, 0.25) is 17.2 Å². The van der Waals surface area contributed by atoms with Crippen LogP contribution in [-0.4, -0.2) is 25.5 Å². The van der Waals surface area contributed by atoms with Gasteiger partial charge in [-0.2, -0.15) is 0 Å². The lowest BCUT2D eigenvalue weighted by molar-refractivity contribution is 0.330. The molecule has 0 amide bonds. The molecule has 0 fully saturated rings. The highest BCUT2D eigenvalue weighted by Crippen LogP contribution is 2.56. The Bertz CT molecular complexity index is 870. The van der Waals surface area contributed by atoms with Crippen LogP contribution in [0.2, 0.25) is 0 Å².